The van der Waals surface area contributed by atoms with Crippen molar-refractivity contribution in [2.45, 2.75) is 57.0 Å². The minimum atomic E-state index is -2.90. The summed E-state index contributed by atoms with van der Waals surface area (Å²) in [7, 11) is 4.97. The molecule has 1 aliphatic carbocycles. The van der Waals surface area contributed by atoms with Gasteiger partial charge < -0.3 is 20.4 Å². The molecule has 160 valence electrons. The van der Waals surface area contributed by atoms with Gasteiger partial charge in [0.15, 0.2) is 0 Å². The van der Waals surface area contributed by atoms with Crippen molar-refractivity contribution >= 4 is 17.7 Å². The molecule has 2 rings (SSSR count). The highest BCUT2D eigenvalue weighted by Crippen LogP contribution is 2.35. The molecule has 0 aromatic heterocycles. The molecule has 0 radical (unpaired) electrons. The van der Waals surface area contributed by atoms with E-state index in [1.54, 1.807) is 26.0 Å². The van der Waals surface area contributed by atoms with Crippen LogP contribution in [-0.2, 0) is 14.4 Å². The van der Waals surface area contributed by atoms with Crippen molar-refractivity contribution in [3.05, 3.63) is 0 Å². The van der Waals surface area contributed by atoms with Crippen molar-refractivity contribution in [3.8, 4) is 0 Å². The summed E-state index contributed by atoms with van der Waals surface area (Å²) < 4.78 is 27.0. The number of carbonyl (C=O) groups is 3. The van der Waals surface area contributed by atoms with Gasteiger partial charge in [0.05, 0.1) is 18.5 Å². The molecule has 0 bridgehead atoms. The quantitative estimate of drug-likeness (QED) is 0.741. The maximum absolute atomic E-state index is 13.5. The molecule has 7 nitrogen and oxygen atoms in total. The summed E-state index contributed by atoms with van der Waals surface area (Å²) in [5.41, 5.74) is 6.19. The highest BCUT2D eigenvalue weighted by atomic mass is 19.3. The lowest BCUT2D eigenvalue weighted by molar-refractivity contribution is -0.144. The van der Waals surface area contributed by atoms with Crippen LogP contribution in [0.15, 0.2) is 0 Å². The second kappa shape index (κ2) is 8.71. The summed E-state index contributed by atoms with van der Waals surface area (Å²) in [4.78, 5) is 41.3. The first-order valence-electron chi connectivity index (χ1n) is 9.81. The summed E-state index contributed by atoms with van der Waals surface area (Å²) in [6.45, 7) is 0.835. The molecule has 2 unspecified atom stereocenters. The normalized spacial score (nSPS) is 26.5. The molecular weight excluding hydrogens is 370 g/mol. The lowest BCUT2D eigenvalue weighted by Gasteiger charge is -2.39. The smallest absolute Gasteiger partial charge is 0.267 e. The fourth-order valence-electron chi connectivity index (χ4n) is 4.34. The zero-order chi connectivity index (χ0) is 21.2. The van der Waals surface area contributed by atoms with Crippen LogP contribution in [0.2, 0.25) is 0 Å². The fourth-order valence-corrected chi connectivity index (χ4v) is 4.34. The first-order valence-corrected chi connectivity index (χ1v) is 9.81. The third kappa shape index (κ3) is 4.98. The van der Waals surface area contributed by atoms with Crippen LogP contribution in [0.5, 0.6) is 0 Å². The number of amides is 3. The van der Waals surface area contributed by atoms with E-state index in [-0.39, 0.29) is 36.7 Å². The maximum Gasteiger partial charge on any atom is 0.267 e. The van der Waals surface area contributed by atoms with Gasteiger partial charge in [0.2, 0.25) is 17.7 Å². The monoisotopic (exact) mass is 402 g/mol. The minimum Gasteiger partial charge on any atom is -0.349 e. The molecule has 2 N–H and O–H groups in total. The summed E-state index contributed by atoms with van der Waals surface area (Å²) in [5.74, 6) is -4.61. The number of nitrogens with two attached hydrogens (primary N) is 1. The molecule has 0 aromatic carbocycles. The Morgan fingerprint density at radius 2 is 1.68 bits per heavy atom. The molecule has 2 aliphatic rings. The predicted octanol–water partition coefficient (Wildman–Crippen LogP) is 0.923. The van der Waals surface area contributed by atoms with E-state index >= 15 is 0 Å². The Labute approximate surface area is 165 Å². The van der Waals surface area contributed by atoms with Crippen LogP contribution in [-0.4, -0.2) is 84.7 Å². The van der Waals surface area contributed by atoms with Crippen LogP contribution in [0.4, 0.5) is 8.78 Å². The van der Waals surface area contributed by atoms with E-state index < -0.39 is 30.3 Å². The van der Waals surface area contributed by atoms with Crippen molar-refractivity contribution in [2.24, 2.45) is 17.6 Å². The van der Waals surface area contributed by atoms with Crippen molar-refractivity contribution in [3.63, 3.8) is 0 Å². The van der Waals surface area contributed by atoms with Gasteiger partial charge in [-0.15, -0.1) is 0 Å². The summed E-state index contributed by atoms with van der Waals surface area (Å²) >= 11 is 0. The average Bonchev–Trinajstić information content (AvgIpc) is 3.00. The molecule has 2 atom stereocenters. The molecule has 1 heterocycles. The summed E-state index contributed by atoms with van der Waals surface area (Å²) in [5, 5.41) is 0. The third-order valence-corrected chi connectivity index (χ3v) is 6.17. The van der Waals surface area contributed by atoms with Gasteiger partial charge in [-0.2, -0.15) is 0 Å². The number of nitrogens with zero attached hydrogens (tertiary/aromatic N) is 3. The van der Waals surface area contributed by atoms with Gasteiger partial charge in [-0.05, 0) is 31.6 Å². The van der Waals surface area contributed by atoms with Crippen LogP contribution in [0.1, 0.15) is 39.0 Å². The van der Waals surface area contributed by atoms with Crippen LogP contribution < -0.4 is 5.73 Å². The second-order valence-electron chi connectivity index (χ2n) is 8.35. The van der Waals surface area contributed by atoms with E-state index in [4.69, 9.17) is 5.73 Å². The van der Waals surface area contributed by atoms with Crippen molar-refractivity contribution in [1.82, 2.24) is 14.7 Å². The first kappa shape index (κ1) is 22.5. The number of likely N-dealkylation sites (tertiary alicyclic amines) is 1. The molecule has 1 aliphatic heterocycles. The Morgan fingerprint density at radius 1 is 1.11 bits per heavy atom. The van der Waals surface area contributed by atoms with E-state index in [1.807, 2.05) is 0 Å². The third-order valence-electron chi connectivity index (χ3n) is 6.17. The maximum atomic E-state index is 13.5. The van der Waals surface area contributed by atoms with Gasteiger partial charge in [-0.25, -0.2) is 8.78 Å². The fraction of sp³-hybridized carbons (Fsp3) is 0.842. The Hall–Kier alpha value is -1.77. The lowest BCUT2D eigenvalue weighted by atomic mass is 9.74. The number of carbonyl (C=O) groups excluding carboxylic acids is 3. The lowest BCUT2D eigenvalue weighted by Crippen LogP contribution is -2.54. The molecule has 9 heteroatoms. The van der Waals surface area contributed by atoms with Crippen molar-refractivity contribution < 1.29 is 23.2 Å². The zero-order valence-electron chi connectivity index (χ0n) is 17.2. The van der Waals surface area contributed by atoms with Crippen molar-refractivity contribution in [1.29, 1.82) is 0 Å². The molecule has 2 fully saturated rings. The van der Waals surface area contributed by atoms with E-state index in [1.165, 1.54) is 11.8 Å². The largest absolute Gasteiger partial charge is 0.349 e. The standard InChI is InChI=1S/C19H32F2N4O3/c1-12(26)24(4)14-7-5-13(6-8-14)15(17(27)23(2)3)16(22)18(28)25-10-9-19(20,21)11-25/h13-16H,5-11,22H2,1-4H3. The summed E-state index contributed by atoms with van der Waals surface area (Å²) in [6, 6.07) is -1.04. The number of rotatable bonds is 5. The second-order valence-corrected chi connectivity index (χ2v) is 8.35. The van der Waals surface area contributed by atoms with Crippen LogP contribution in [0, 0.1) is 11.8 Å². The van der Waals surface area contributed by atoms with Gasteiger partial charge in [0.1, 0.15) is 0 Å². The molecule has 0 aromatic rings. The number of hydrogen-bond donors (Lipinski definition) is 1. The van der Waals surface area contributed by atoms with Crippen LogP contribution in [0.25, 0.3) is 0 Å². The van der Waals surface area contributed by atoms with Gasteiger partial charge in [-0.3, -0.25) is 14.4 Å². The van der Waals surface area contributed by atoms with Crippen LogP contribution >= 0.6 is 0 Å². The Balaban J connectivity index is 2.11. The number of hydrogen-bond acceptors (Lipinski definition) is 4. The van der Waals surface area contributed by atoms with Gasteiger partial charge in [0.25, 0.3) is 5.92 Å². The Bertz CT molecular complexity index is 606. The highest BCUT2D eigenvalue weighted by molar-refractivity contribution is 5.90. The molecule has 0 spiro atoms. The van der Waals surface area contributed by atoms with Crippen LogP contribution in [0.3, 0.4) is 0 Å². The predicted molar refractivity (Wildman–Crippen MR) is 100 cm³/mol. The first-order chi connectivity index (χ1) is 12.9. The van der Waals surface area contributed by atoms with Gasteiger partial charge in [0, 0.05) is 47.1 Å². The van der Waals surface area contributed by atoms with Gasteiger partial charge >= 0.3 is 0 Å². The van der Waals surface area contributed by atoms with E-state index in [0.29, 0.717) is 12.8 Å². The number of halogens is 2. The molecular formula is C19H32F2N4O3. The minimum absolute atomic E-state index is 0.00814. The number of alkyl halides is 2. The molecule has 3 amide bonds. The SMILES string of the molecule is CC(=O)N(C)C1CCC(C(C(=O)N(C)C)C(N)C(=O)N2CCC(F)(F)C2)CC1. The van der Waals surface area contributed by atoms with Gasteiger partial charge in [-0.1, -0.05) is 0 Å². The van der Waals surface area contributed by atoms with E-state index in [0.717, 1.165) is 17.7 Å². The molecule has 28 heavy (non-hydrogen) atoms. The zero-order valence-corrected chi connectivity index (χ0v) is 17.2. The van der Waals surface area contributed by atoms with Crippen molar-refractivity contribution in [2.75, 3.05) is 34.2 Å². The highest BCUT2D eigenvalue weighted by Gasteiger charge is 2.46. The van der Waals surface area contributed by atoms with E-state index in [2.05, 4.69) is 0 Å². The van der Waals surface area contributed by atoms with E-state index in [9.17, 15) is 23.2 Å². The molecule has 1 saturated carbocycles. The topological polar surface area (TPSA) is 87.0 Å². The molecule has 1 saturated heterocycles. The Morgan fingerprint density at radius 3 is 2.11 bits per heavy atom. The Kier molecular flexibility index (Phi) is 7.01. The average molecular weight is 402 g/mol. The summed E-state index contributed by atoms with van der Waals surface area (Å²) in [6.07, 6.45) is 2.38.